The van der Waals surface area contributed by atoms with E-state index in [-0.39, 0.29) is 5.56 Å². The summed E-state index contributed by atoms with van der Waals surface area (Å²) in [5, 5.41) is 1.59. The molecular formula is C9H8F3NO4S. The smallest absolute Gasteiger partial charge is 0.376 e. The summed E-state index contributed by atoms with van der Waals surface area (Å²) in [5.74, 6) is -1.89. The van der Waals surface area contributed by atoms with Crippen LogP contribution in [0, 0.1) is 0 Å². The minimum Gasteiger partial charge on any atom is -0.376 e. The highest BCUT2D eigenvalue weighted by Crippen LogP contribution is 2.27. The normalized spacial score (nSPS) is 15.2. The number of hydrogen-bond donors (Lipinski definition) is 1. The average Bonchev–Trinajstić information content (AvgIpc) is 2.24. The first kappa shape index (κ1) is 10.2. The molecule has 5 nitrogen and oxygen atoms in total. The lowest BCUT2D eigenvalue weighted by Crippen LogP contribution is -2.28. The highest BCUT2D eigenvalue weighted by molar-refractivity contribution is 7.87. The van der Waals surface area contributed by atoms with Crippen molar-refractivity contribution < 1.29 is 34.7 Å². The van der Waals surface area contributed by atoms with Crippen molar-refractivity contribution >= 4 is 16.0 Å². The van der Waals surface area contributed by atoms with E-state index < -0.39 is 34.3 Å². The maximum absolute atomic E-state index is 12.1. The van der Waals surface area contributed by atoms with Gasteiger partial charge in [0, 0.05) is 16.7 Å². The SMILES string of the molecule is [2H]C([2H])([2H])NC(=O)c1cccc(OS(=O)(=O)C(F)(F)F)c1. The zero-order chi connectivity index (χ0) is 16.5. The van der Waals surface area contributed by atoms with E-state index >= 15 is 0 Å². The summed E-state index contributed by atoms with van der Waals surface area (Å²) in [6.45, 7) is -2.80. The molecule has 0 atom stereocenters. The van der Waals surface area contributed by atoms with Crippen molar-refractivity contribution in [2.75, 3.05) is 6.98 Å². The van der Waals surface area contributed by atoms with E-state index in [9.17, 15) is 26.4 Å². The molecule has 0 spiro atoms. The first-order chi connectivity index (χ1) is 9.32. The van der Waals surface area contributed by atoms with E-state index in [2.05, 4.69) is 4.18 Å². The molecule has 0 aromatic heterocycles. The minimum atomic E-state index is -5.87. The van der Waals surface area contributed by atoms with Gasteiger partial charge in [0.05, 0.1) is 0 Å². The van der Waals surface area contributed by atoms with Crippen LogP contribution in [0.2, 0.25) is 0 Å². The summed E-state index contributed by atoms with van der Waals surface area (Å²) in [6.07, 6.45) is 0. The van der Waals surface area contributed by atoms with E-state index in [1.54, 1.807) is 5.32 Å². The van der Waals surface area contributed by atoms with Gasteiger partial charge in [0.25, 0.3) is 5.91 Å². The quantitative estimate of drug-likeness (QED) is 0.671. The summed E-state index contributed by atoms with van der Waals surface area (Å²) < 4.78 is 82.3. The molecule has 100 valence electrons. The van der Waals surface area contributed by atoms with Crippen LogP contribution < -0.4 is 9.50 Å². The number of rotatable bonds is 3. The fourth-order valence-electron chi connectivity index (χ4n) is 0.935. The topological polar surface area (TPSA) is 72.5 Å². The van der Waals surface area contributed by atoms with Crippen molar-refractivity contribution in [1.82, 2.24) is 5.32 Å². The highest BCUT2D eigenvalue weighted by Gasteiger charge is 2.48. The van der Waals surface area contributed by atoms with Gasteiger partial charge < -0.3 is 9.50 Å². The monoisotopic (exact) mass is 286 g/mol. The molecule has 0 fully saturated rings. The van der Waals surface area contributed by atoms with Crippen LogP contribution in [0.1, 0.15) is 14.5 Å². The van der Waals surface area contributed by atoms with Gasteiger partial charge in [-0.3, -0.25) is 4.79 Å². The number of benzene rings is 1. The number of amides is 1. The Kier molecular flexibility index (Phi) is 2.74. The van der Waals surface area contributed by atoms with Crippen LogP contribution in [0.15, 0.2) is 24.3 Å². The maximum Gasteiger partial charge on any atom is 0.534 e. The van der Waals surface area contributed by atoms with Gasteiger partial charge in [0.15, 0.2) is 0 Å². The lowest BCUT2D eigenvalue weighted by atomic mass is 10.2. The molecule has 1 rings (SSSR count). The van der Waals surface area contributed by atoms with Gasteiger partial charge >= 0.3 is 15.6 Å². The average molecular weight is 286 g/mol. The van der Waals surface area contributed by atoms with Crippen LogP contribution in [0.3, 0.4) is 0 Å². The van der Waals surface area contributed by atoms with Gasteiger partial charge in [-0.05, 0) is 18.2 Å². The van der Waals surface area contributed by atoms with Gasteiger partial charge in [0.2, 0.25) is 0 Å². The van der Waals surface area contributed by atoms with Crippen LogP contribution in [-0.4, -0.2) is 26.8 Å². The van der Waals surface area contributed by atoms with Crippen LogP contribution in [0.25, 0.3) is 0 Å². The minimum absolute atomic E-state index is 0.374. The third-order valence-electron chi connectivity index (χ3n) is 1.70. The third kappa shape index (κ3) is 3.13. The molecule has 1 aromatic carbocycles. The predicted octanol–water partition coefficient (Wildman–Crippen LogP) is 1.27. The lowest BCUT2D eigenvalue weighted by Gasteiger charge is -2.09. The summed E-state index contributed by atoms with van der Waals surface area (Å²) in [7, 11) is -5.87. The van der Waals surface area contributed by atoms with Crippen LogP contribution >= 0.6 is 0 Å². The number of carbonyl (C=O) groups is 1. The summed E-state index contributed by atoms with van der Waals surface area (Å²) in [6, 6.07) is 3.66. The summed E-state index contributed by atoms with van der Waals surface area (Å²) in [5.41, 5.74) is -6.00. The molecule has 18 heavy (non-hydrogen) atoms. The molecule has 1 aromatic rings. The fourth-order valence-corrected chi connectivity index (χ4v) is 1.39. The van der Waals surface area contributed by atoms with E-state index in [0.717, 1.165) is 18.2 Å². The van der Waals surface area contributed by atoms with Gasteiger partial charge in [-0.25, -0.2) is 0 Å². The summed E-state index contributed by atoms with van der Waals surface area (Å²) in [4.78, 5) is 11.5. The van der Waals surface area contributed by atoms with Crippen LogP contribution in [-0.2, 0) is 10.1 Å². The van der Waals surface area contributed by atoms with E-state index in [4.69, 9.17) is 4.11 Å². The van der Waals surface area contributed by atoms with Crippen molar-refractivity contribution in [3.63, 3.8) is 0 Å². The standard InChI is InChI=1S/C9H8F3NO4S/c1-13-8(14)6-3-2-4-7(5-6)17-18(15,16)9(10,11)12/h2-5H,1H3,(H,13,14)/i1D3. The van der Waals surface area contributed by atoms with Crippen LogP contribution in [0.5, 0.6) is 5.75 Å². The van der Waals surface area contributed by atoms with Gasteiger partial charge in [-0.1, -0.05) is 6.07 Å². The molecule has 0 aliphatic carbocycles. The molecular weight excluding hydrogens is 275 g/mol. The maximum atomic E-state index is 12.1. The van der Waals surface area contributed by atoms with Crippen molar-refractivity contribution in [2.45, 2.75) is 5.51 Å². The number of hydrogen-bond acceptors (Lipinski definition) is 4. The molecule has 1 amide bonds. The number of nitrogens with one attached hydrogen (secondary N) is 1. The first-order valence-electron chi connectivity index (χ1n) is 5.75. The van der Waals surface area contributed by atoms with Gasteiger partial charge in [-0.15, -0.1) is 0 Å². The molecule has 0 unspecified atom stereocenters. The molecule has 0 aliphatic heterocycles. The Hall–Kier alpha value is -1.77. The second-order valence-corrected chi connectivity index (χ2v) is 4.50. The first-order valence-corrected chi connectivity index (χ1v) is 5.66. The number of alkyl halides is 3. The molecule has 0 radical (unpaired) electrons. The second-order valence-electron chi connectivity index (χ2n) is 2.97. The zero-order valence-corrected chi connectivity index (χ0v) is 9.30. The Balaban J connectivity index is 3.00. The van der Waals surface area contributed by atoms with Crippen molar-refractivity contribution in [1.29, 1.82) is 0 Å². The Labute approximate surface area is 105 Å². The molecule has 0 saturated heterocycles. The Bertz CT molecular complexity index is 642. The lowest BCUT2D eigenvalue weighted by molar-refractivity contribution is -0.0500. The summed E-state index contributed by atoms with van der Waals surface area (Å²) >= 11 is 0. The van der Waals surface area contributed by atoms with Gasteiger partial charge in [0.1, 0.15) is 5.75 Å². The van der Waals surface area contributed by atoms with Crippen molar-refractivity contribution in [2.24, 2.45) is 0 Å². The zero-order valence-electron chi connectivity index (χ0n) is 11.5. The van der Waals surface area contributed by atoms with E-state index in [1.165, 1.54) is 0 Å². The molecule has 1 N–H and O–H groups in total. The predicted molar refractivity (Wildman–Crippen MR) is 55.4 cm³/mol. The number of halogens is 3. The Morgan fingerprint density at radius 1 is 1.44 bits per heavy atom. The highest BCUT2D eigenvalue weighted by atomic mass is 32.2. The van der Waals surface area contributed by atoms with E-state index in [0.29, 0.717) is 6.07 Å². The second kappa shape index (κ2) is 4.84. The van der Waals surface area contributed by atoms with Crippen molar-refractivity contribution in [3.05, 3.63) is 29.8 Å². The molecule has 0 aliphatic rings. The molecule has 0 bridgehead atoms. The Morgan fingerprint density at radius 3 is 2.67 bits per heavy atom. The largest absolute Gasteiger partial charge is 0.534 e. The Morgan fingerprint density at radius 2 is 2.11 bits per heavy atom. The van der Waals surface area contributed by atoms with Gasteiger partial charge in [-0.2, -0.15) is 21.6 Å². The van der Waals surface area contributed by atoms with Crippen LogP contribution in [0.4, 0.5) is 13.2 Å². The third-order valence-corrected chi connectivity index (χ3v) is 2.68. The molecule has 9 heteroatoms. The van der Waals surface area contributed by atoms with E-state index in [1.807, 2.05) is 0 Å². The number of carbonyl (C=O) groups excluding carboxylic acids is 1. The molecule has 0 heterocycles. The fraction of sp³-hybridized carbons (Fsp3) is 0.222. The van der Waals surface area contributed by atoms with Crippen molar-refractivity contribution in [3.8, 4) is 5.75 Å². The molecule has 0 saturated carbocycles.